The highest BCUT2D eigenvalue weighted by molar-refractivity contribution is 9.10. The minimum Gasteiger partial charge on any atom is -0.433 e. The first-order valence-electron chi connectivity index (χ1n) is 6.80. The van der Waals surface area contributed by atoms with E-state index in [0.29, 0.717) is 12.2 Å². The largest absolute Gasteiger partial charge is 0.433 e. The molecule has 9 heteroatoms. The maximum absolute atomic E-state index is 12.4. The second-order valence-corrected chi connectivity index (χ2v) is 5.72. The van der Waals surface area contributed by atoms with Gasteiger partial charge in [-0.25, -0.2) is 0 Å². The number of hydrogen-bond donors (Lipinski definition) is 2. The number of hydrogen-bond acceptors (Lipinski definition) is 3. The molecule has 1 aromatic heterocycles. The Hall–Kier alpha value is -1.74. The van der Waals surface area contributed by atoms with Crippen molar-refractivity contribution in [3.63, 3.8) is 0 Å². The van der Waals surface area contributed by atoms with Gasteiger partial charge in [0.15, 0.2) is 5.11 Å². The van der Waals surface area contributed by atoms with Crippen molar-refractivity contribution in [2.24, 2.45) is 0 Å². The third kappa shape index (κ3) is 5.14. The summed E-state index contributed by atoms with van der Waals surface area (Å²) in [5.41, 5.74) is 1.16. The number of aromatic nitrogens is 2. The van der Waals surface area contributed by atoms with Crippen molar-refractivity contribution in [1.82, 2.24) is 15.1 Å². The summed E-state index contributed by atoms with van der Waals surface area (Å²) in [4.78, 5) is 0. The number of nitrogens with zero attached hydrogens (tertiary/aromatic N) is 2. The number of halogens is 3. The molecule has 0 aliphatic heterocycles. The number of nitrogens with one attached hydrogen (secondary N) is 2. The zero-order valence-corrected chi connectivity index (χ0v) is 14.6. The molecule has 0 saturated carbocycles. The van der Waals surface area contributed by atoms with Crippen LogP contribution in [0.4, 0.5) is 14.5 Å². The van der Waals surface area contributed by atoms with Crippen molar-refractivity contribution in [3.8, 4) is 5.75 Å². The van der Waals surface area contributed by atoms with Crippen LogP contribution in [0, 0.1) is 0 Å². The van der Waals surface area contributed by atoms with Crippen molar-refractivity contribution in [2.45, 2.75) is 26.6 Å². The Morgan fingerprint density at radius 3 is 2.83 bits per heavy atom. The summed E-state index contributed by atoms with van der Waals surface area (Å²) < 4.78 is 31.9. The second-order valence-electron chi connectivity index (χ2n) is 4.46. The summed E-state index contributed by atoms with van der Waals surface area (Å²) in [7, 11) is 0. The van der Waals surface area contributed by atoms with E-state index in [4.69, 9.17) is 12.2 Å². The molecular formula is C14H15BrF2N4OS. The quantitative estimate of drug-likeness (QED) is 0.717. The van der Waals surface area contributed by atoms with Crippen LogP contribution in [0.2, 0.25) is 0 Å². The maximum atomic E-state index is 12.4. The van der Waals surface area contributed by atoms with Gasteiger partial charge in [0, 0.05) is 12.7 Å². The van der Waals surface area contributed by atoms with Crippen LogP contribution < -0.4 is 15.4 Å². The predicted octanol–water partition coefficient (Wildman–Crippen LogP) is 3.75. The predicted molar refractivity (Wildman–Crippen MR) is 91.7 cm³/mol. The van der Waals surface area contributed by atoms with Crippen molar-refractivity contribution >= 4 is 38.9 Å². The topological polar surface area (TPSA) is 51.1 Å². The normalized spacial score (nSPS) is 10.7. The van der Waals surface area contributed by atoms with Crippen LogP contribution in [0.3, 0.4) is 0 Å². The Morgan fingerprint density at radius 1 is 1.43 bits per heavy atom. The smallest absolute Gasteiger partial charge is 0.387 e. The summed E-state index contributed by atoms with van der Waals surface area (Å²) in [5.74, 6) is 0.0306. The van der Waals surface area contributed by atoms with E-state index in [-0.39, 0.29) is 10.9 Å². The van der Waals surface area contributed by atoms with Gasteiger partial charge in [-0.1, -0.05) is 12.1 Å². The molecule has 1 aromatic carbocycles. The highest BCUT2D eigenvalue weighted by Gasteiger charge is 2.11. The van der Waals surface area contributed by atoms with Gasteiger partial charge in [0.2, 0.25) is 0 Å². The molecule has 23 heavy (non-hydrogen) atoms. The van der Waals surface area contributed by atoms with Gasteiger partial charge in [0.1, 0.15) is 5.75 Å². The van der Waals surface area contributed by atoms with Crippen LogP contribution in [0.1, 0.15) is 12.6 Å². The van der Waals surface area contributed by atoms with Crippen LogP contribution in [0.15, 0.2) is 34.9 Å². The third-order valence-electron chi connectivity index (χ3n) is 2.88. The van der Waals surface area contributed by atoms with Crippen LogP contribution in [0.25, 0.3) is 0 Å². The number of para-hydroxylation sites is 2. The highest BCUT2D eigenvalue weighted by atomic mass is 79.9. The molecule has 0 unspecified atom stereocenters. The van der Waals surface area contributed by atoms with Crippen LogP contribution in [-0.2, 0) is 13.1 Å². The first-order valence-corrected chi connectivity index (χ1v) is 8.00. The lowest BCUT2D eigenvalue weighted by molar-refractivity contribution is -0.0493. The fraction of sp³-hybridized carbons (Fsp3) is 0.286. The minimum absolute atomic E-state index is 0.0306. The number of aryl methyl sites for hydroxylation is 1. The Bertz CT molecular complexity index is 681. The van der Waals surface area contributed by atoms with Gasteiger partial charge in [-0.15, -0.1) is 0 Å². The molecule has 5 nitrogen and oxygen atoms in total. The van der Waals surface area contributed by atoms with Crippen molar-refractivity contribution in [1.29, 1.82) is 0 Å². The monoisotopic (exact) mass is 404 g/mol. The minimum atomic E-state index is -2.89. The van der Waals surface area contributed by atoms with Gasteiger partial charge in [-0.05, 0) is 47.2 Å². The van der Waals surface area contributed by atoms with Gasteiger partial charge in [-0.3, -0.25) is 4.68 Å². The molecule has 0 aliphatic carbocycles. The highest BCUT2D eigenvalue weighted by Crippen LogP contribution is 2.25. The summed E-state index contributed by atoms with van der Waals surface area (Å²) in [6.07, 6.45) is 1.87. The molecule has 0 atom stereocenters. The van der Waals surface area contributed by atoms with E-state index in [1.807, 2.05) is 13.1 Å². The SMILES string of the molecule is CCn1cc(Br)c(CNC(=S)Nc2ccccc2OC(F)F)n1. The number of anilines is 1. The Morgan fingerprint density at radius 2 is 2.17 bits per heavy atom. The standard InChI is InChI=1S/C14H15BrF2N4OS/c1-2-21-8-9(15)11(20-21)7-18-14(23)19-10-5-3-4-6-12(10)22-13(16)17/h3-6,8,13H,2,7H2,1H3,(H2,18,19,23). The number of thiocarbonyl (C=S) groups is 1. The third-order valence-corrected chi connectivity index (χ3v) is 3.79. The van der Waals surface area contributed by atoms with E-state index >= 15 is 0 Å². The Kier molecular flexibility index (Phi) is 6.28. The first-order chi connectivity index (χ1) is 11.0. The molecule has 1 heterocycles. The van der Waals surface area contributed by atoms with E-state index in [1.165, 1.54) is 6.07 Å². The van der Waals surface area contributed by atoms with Crippen molar-refractivity contribution < 1.29 is 13.5 Å². The van der Waals surface area contributed by atoms with Crippen molar-refractivity contribution in [2.75, 3.05) is 5.32 Å². The molecule has 0 saturated heterocycles. The number of benzene rings is 1. The maximum Gasteiger partial charge on any atom is 0.387 e. The lowest BCUT2D eigenvalue weighted by Gasteiger charge is -2.14. The zero-order valence-electron chi connectivity index (χ0n) is 12.2. The molecule has 0 aliphatic rings. The molecule has 0 spiro atoms. The van der Waals surface area contributed by atoms with Gasteiger partial charge < -0.3 is 15.4 Å². The number of rotatable bonds is 6. The lowest BCUT2D eigenvalue weighted by Crippen LogP contribution is -2.28. The zero-order chi connectivity index (χ0) is 16.8. The summed E-state index contributed by atoms with van der Waals surface area (Å²) >= 11 is 8.59. The van der Waals surface area contributed by atoms with E-state index in [2.05, 4.69) is 36.4 Å². The van der Waals surface area contributed by atoms with Gasteiger partial charge in [0.25, 0.3) is 0 Å². The van der Waals surface area contributed by atoms with E-state index < -0.39 is 6.61 Å². The summed E-state index contributed by atoms with van der Waals surface area (Å²) in [5, 5.41) is 10.5. The average Bonchev–Trinajstić information content (AvgIpc) is 2.87. The summed E-state index contributed by atoms with van der Waals surface area (Å²) in [6.45, 7) is 0.258. The molecule has 2 N–H and O–H groups in total. The van der Waals surface area contributed by atoms with E-state index in [1.54, 1.807) is 22.9 Å². The molecule has 0 bridgehead atoms. The van der Waals surface area contributed by atoms with Gasteiger partial charge >= 0.3 is 6.61 Å². The lowest BCUT2D eigenvalue weighted by atomic mass is 10.3. The van der Waals surface area contributed by atoms with Crippen LogP contribution >= 0.6 is 28.1 Å². The fourth-order valence-corrected chi connectivity index (χ4v) is 2.46. The molecule has 2 aromatic rings. The molecule has 124 valence electrons. The number of alkyl halides is 2. The second kappa shape index (κ2) is 8.21. The molecule has 0 amide bonds. The van der Waals surface area contributed by atoms with E-state index in [0.717, 1.165) is 16.7 Å². The van der Waals surface area contributed by atoms with Gasteiger partial charge in [-0.2, -0.15) is 13.9 Å². The van der Waals surface area contributed by atoms with Crippen molar-refractivity contribution in [3.05, 3.63) is 40.6 Å². The fourth-order valence-electron chi connectivity index (χ4n) is 1.82. The number of ether oxygens (including phenoxy) is 1. The Balaban J connectivity index is 1.96. The summed E-state index contributed by atoms with van der Waals surface area (Å²) in [6, 6.07) is 6.35. The van der Waals surface area contributed by atoms with Gasteiger partial charge in [0.05, 0.1) is 22.4 Å². The molecule has 2 rings (SSSR count). The molecule has 0 radical (unpaired) electrons. The molecule has 0 fully saturated rings. The molecular weight excluding hydrogens is 390 g/mol. The first kappa shape index (κ1) is 17.6. The van der Waals surface area contributed by atoms with E-state index in [9.17, 15) is 8.78 Å². The average molecular weight is 405 g/mol. The van der Waals surface area contributed by atoms with Crippen LogP contribution in [-0.4, -0.2) is 21.5 Å². The Labute approximate surface area is 146 Å². The van der Waals surface area contributed by atoms with Crippen LogP contribution in [0.5, 0.6) is 5.75 Å².